The van der Waals surface area contributed by atoms with E-state index >= 15 is 0 Å². The van der Waals surface area contributed by atoms with Crippen molar-refractivity contribution in [2.45, 2.75) is 44.8 Å². The molecule has 2 aromatic carbocycles. The first-order valence-corrected chi connectivity index (χ1v) is 10.8. The van der Waals surface area contributed by atoms with Crippen LogP contribution in [0, 0.1) is 13.8 Å². The van der Waals surface area contributed by atoms with Gasteiger partial charge in [-0.15, -0.1) is 0 Å². The quantitative estimate of drug-likeness (QED) is 0.851. The third kappa shape index (κ3) is 4.27. The fourth-order valence-corrected chi connectivity index (χ4v) is 4.93. The van der Waals surface area contributed by atoms with Gasteiger partial charge in [0.1, 0.15) is 0 Å². The molecular weight excluding hydrogens is 376 g/mol. The topological polar surface area (TPSA) is 75.7 Å². The summed E-state index contributed by atoms with van der Waals surface area (Å²) in [6, 6.07) is 11.8. The molecule has 6 nitrogen and oxygen atoms in total. The van der Waals surface area contributed by atoms with Crippen molar-refractivity contribution in [3.63, 3.8) is 0 Å². The second-order valence-corrected chi connectivity index (χ2v) is 9.24. The van der Waals surface area contributed by atoms with Crippen LogP contribution in [0.25, 0.3) is 0 Å². The first kappa shape index (κ1) is 20.5. The molecule has 0 aliphatic carbocycles. The van der Waals surface area contributed by atoms with Gasteiger partial charge in [-0.05, 0) is 69.2 Å². The van der Waals surface area contributed by atoms with E-state index < -0.39 is 10.0 Å². The molecule has 3 rings (SSSR count). The van der Waals surface area contributed by atoms with Crippen LogP contribution in [0.15, 0.2) is 47.4 Å². The third-order valence-electron chi connectivity index (χ3n) is 4.99. The van der Waals surface area contributed by atoms with Gasteiger partial charge in [0.2, 0.25) is 10.0 Å². The number of nitrogens with zero attached hydrogens (tertiary/aromatic N) is 1. The van der Waals surface area contributed by atoms with Crippen molar-refractivity contribution in [2.24, 2.45) is 0 Å². The van der Waals surface area contributed by atoms with Crippen LogP contribution in [-0.4, -0.2) is 43.9 Å². The van der Waals surface area contributed by atoms with Gasteiger partial charge < -0.3 is 10.1 Å². The van der Waals surface area contributed by atoms with Crippen molar-refractivity contribution in [3.05, 3.63) is 59.2 Å². The Labute approximate surface area is 166 Å². The molecule has 150 valence electrons. The Bertz CT molecular complexity index is 960. The highest BCUT2D eigenvalue weighted by Crippen LogP contribution is 2.22. The zero-order valence-corrected chi connectivity index (χ0v) is 17.4. The lowest BCUT2D eigenvalue weighted by atomic mass is 10.1. The molecule has 0 bridgehead atoms. The molecule has 7 heteroatoms. The molecule has 2 aromatic rings. The van der Waals surface area contributed by atoms with E-state index in [9.17, 15) is 13.2 Å². The zero-order chi connectivity index (χ0) is 20.5. The Morgan fingerprint density at radius 3 is 2.25 bits per heavy atom. The van der Waals surface area contributed by atoms with Gasteiger partial charge in [-0.2, -0.15) is 4.31 Å². The van der Waals surface area contributed by atoms with E-state index in [-0.39, 0.29) is 23.0 Å². The van der Waals surface area contributed by atoms with E-state index in [0.29, 0.717) is 18.7 Å². The first-order valence-electron chi connectivity index (χ1n) is 9.31. The lowest BCUT2D eigenvalue weighted by Crippen LogP contribution is -2.48. The number of ether oxygens (including phenoxy) is 1. The number of benzene rings is 2. The van der Waals surface area contributed by atoms with Crippen LogP contribution in [0.3, 0.4) is 0 Å². The molecule has 1 fully saturated rings. The highest BCUT2D eigenvalue weighted by atomic mass is 32.2. The van der Waals surface area contributed by atoms with Gasteiger partial charge in [0.15, 0.2) is 0 Å². The summed E-state index contributed by atoms with van der Waals surface area (Å²) in [5.74, 6) is -0.272. The molecule has 0 aromatic heterocycles. The Kier molecular flexibility index (Phi) is 5.88. The predicted molar refractivity (Wildman–Crippen MR) is 109 cm³/mol. The van der Waals surface area contributed by atoms with Crippen LogP contribution >= 0.6 is 0 Å². The van der Waals surface area contributed by atoms with Crippen LogP contribution in [0.5, 0.6) is 0 Å². The van der Waals surface area contributed by atoms with Gasteiger partial charge in [0.25, 0.3) is 5.91 Å². The second-order valence-electron chi connectivity index (χ2n) is 7.31. The number of nitrogens with one attached hydrogen (secondary N) is 1. The second kappa shape index (κ2) is 8.03. The van der Waals surface area contributed by atoms with Crippen LogP contribution in [0.1, 0.15) is 35.3 Å². The minimum Gasteiger partial charge on any atom is -0.373 e. The molecule has 1 saturated heterocycles. The van der Waals surface area contributed by atoms with Crippen molar-refractivity contribution in [1.29, 1.82) is 0 Å². The SMILES string of the molecule is Cc1cccc(NC(=O)c2ccc(S(=O)(=O)N3CC(C)OC(C)C3)cc2)c1C. The number of aryl methyl sites for hydroxylation is 1. The number of hydrogen-bond donors (Lipinski definition) is 1. The smallest absolute Gasteiger partial charge is 0.255 e. The van der Waals surface area contributed by atoms with E-state index in [2.05, 4.69) is 5.32 Å². The summed E-state index contributed by atoms with van der Waals surface area (Å²) in [5.41, 5.74) is 3.25. The molecule has 2 unspecified atom stereocenters. The minimum atomic E-state index is -3.62. The lowest BCUT2D eigenvalue weighted by Gasteiger charge is -2.34. The first-order chi connectivity index (χ1) is 13.2. The molecule has 0 spiro atoms. The minimum absolute atomic E-state index is 0.152. The van der Waals surface area contributed by atoms with Crippen molar-refractivity contribution >= 4 is 21.6 Å². The molecule has 28 heavy (non-hydrogen) atoms. The predicted octanol–water partition coefficient (Wildman–Crippen LogP) is 3.35. The van der Waals surface area contributed by atoms with Gasteiger partial charge in [0.05, 0.1) is 17.1 Å². The Morgan fingerprint density at radius 2 is 1.64 bits per heavy atom. The molecule has 1 heterocycles. The Hall–Kier alpha value is -2.22. The normalized spacial score (nSPS) is 20.7. The molecule has 0 radical (unpaired) electrons. The lowest BCUT2D eigenvalue weighted by molar-refractivity contribution is -0.0440. The maximum Gasteiger partial charge on any atom is 0.255 e. The van der Waals surface area contributed by atoms with E-state index in [1.54, 1.807) is 12.1 Å². The van der Waals surface area contributed by atoms with Gasteiger partial charge in [-0.3, -0.25) is 4.79 Å². The summed E-state index contributed by atoms with van der Waals surface area (Å²) in [6.07, 6.45) is -0.303. The fraction of sp³-hybridized carbons (Fsp3) is 0.381. The van der Waals surface area contributed by atoms with Crippen molar-refractivity contribution in [2.75, 3.05) is 18.4 Å². The van der Waals surface area contributed by atoms with Crippen LogP contribution in [-0.2, 0) is 14.8 Å². The largest absolute Gasteiger partial charge is 0.373 e. The van der Waals surface area contributed by atoms with E-state index in [1.165, 1.54) is 16.4 Å². The highest BCUT2D eigenvalue weighted by molar-refractivity contribution is 7.89. The van der Waals surface area contributed by atoms with Gasteiger partial charge in [-0.1, -0.05) is 12.1 Å². The zero-order valence-electron chi connectivity index (χ0n) is 16.6. The van der Waals surface area contributed by atoms with Gasteiger partial charge in [-0.25, -0.2) is 8.42 Å². The Balaban J connectivity index is 1.77. The standard InChI is InChI=1S/C21H26N2O4S/c1-14-6-5-7-20(17(14)4)22-21(24)18-8-10-19(11-9-18)28(25,26)23-12-15(2)27-16(3)13-23/h5-11,15-16H,12-13H2,1-4H3,(H,22,24). The number of carbonyl (C=O) groups is 1. The third-order valence-corrected chi connectivity index (χ3v) is 6.84. The number of carbonyl (C=O) groups excluding carboxylic acids is 1. The highest BCUT2D eigenvalue weighted by Gasteiger charge is 2.32. The molecule has 1 aliphatic rings. The van der Waals surface area contributed by atoms with E-state index in [1.807, 2.05) is 45.9 Å². The van der Waals surface area contributed by atoms with Crippen molar-refractivity contribution < 1.29 is 17.9 Å². The maximum absolute atomic E-state index is 12.9. The summed E-state index contributed by atoms with van der Waals surface area (Å²) in [4.78, 5) is 12.7. The molecular formula is C21H26N2O4S. The number of amides is 1. The van der Waals surface area contributed by atoms with Gasteiger partial charge >= 0.3 is 0 Å². The number of anilines is 1. The van der Waals surface area contributed by atoms with Crippen molar-refractivity contribution in [3.8, 4) is 0 Å². The summed E-state index contributed by atoms with van der Waals surface area (Å²) >= 11 is 0. The summed E-state index contributed by atoms with van der Waals surface area (Å²) in [6.45, 7) is 8.30. The van der Waals surface area contributed by atoms with Crippen molar-refractivity contribution in [1.82, 2.24) is 4.31 Å². The molecule has 1 aliphatic heterocycles. The number of hydrogen-bond acceptors (Lipinski definition) is 4. The fourth-order valence-electron chi connectivity index (χ4n) is 3.34. The average Bonchev–Trinajstić information content (AvgIpc) is 2.64. The van der Waals surface area contributed by atoms with Crippen LogP contribution < -0.4 is 5.32 Å². The summed E-state index contributed by atoms with van der Waals surface area (Å²) in [7, 11) is -3.62. The number of morpholine rings is 1. The number of rotatable bonds is 4. The Morgan fingerprint density at radius 1 is 1.04 bits per heavy atom. The van der Waals surface area contributed by atoms with Crippen LogP contribution in [0.4, 0.5) is 5.69 Å². The molecule has 2 atom stereocenters. The van der Waals surface area contributed by atoms with E-state index in [0.717, 1.165) is 16.8 Å². The van der Waals surface area contributed by atoms with Crippen LogP contribution in [0.2, 0.25) is 0 Å². The number of sulfonamides is 1. The molecule has 1 amide bonds. The van der Waals surface area contributed by atoms with Gasteiger partial charge in [0, 0.05) is 24.3 Å². The van der Waals surface area contributed by atoms with E-state index in [4.69, 9.17) is 4.74 Å². The average molecular weight is 403 g/mol. The maximum atomic E-state index is 12.9. The molecule has 0 saturated carbocycles. The molecule has 1 N–H and O–H groups in total. The monoisotopic (exact) mass is 402 g/mol. The summed E-state index contributed by atoms with van der Waals surface area (Å²) < 4.78 is 32.9. The summed E-state index contributed by atoms with van der Waals surface area (Å²) in [5, 5.41) is 2.89.